The molecule has 1 aliphatic heterocycles. The van der Waals surface area contributed by atoms with Gasteiger partial charge in [0.25, 0.3) is 5.56 Å². The highest BCUT2D eigenvalue weighted by Crippen LogP contribution is 2.27. The molecule has 0 bridgehead atoms. The molecule has 0 aliphatic carbocycles. The van der Waals surface area contributed by atoms with Crippen molar-refractivity contribution in [2.24, 2.45) is 0 Å². The molecule has 7 nitrogen and oxygen atoms in total. The van der Waals surface area contributed by atoms with Crippen LogP contribution in [0.3, 0.4) is 0 Å². The van der Waals surface area contributed by atoms with E-state index in [1.165, 1.54) is 0 Å². The monoisotopic (exact) mass is 509 g/mol. The lowest BCUT2D eigenvalue weighted by Gasteiger charge is -2.28. The predicted molar refractivity (Wildman–Crippen MR) is 147 cm³/mol. The lowest BCUT2D eigenvalue weighted by Crippen LogP contribution is -2.44. The topological polar surface area (TPSA) is 75.8 Å². The van der Waals surface area contributed by atoms with Gasteiger partial charge in [0.05, 0.1) is 32.4 Å². The first-order chi connectivity index (χ1) is 17.4. The van der Waals surface area contributed by atoms with Gasteiger partial charge in [-0.25, -0.2) is 0 Å². The van der Waals surface area contributed by atoms with Crippen molar-refractivity contribution in [3.8, 4) is 11.5 Å². The number of rotatable bonds is 9. The standard InChI is InChI=1S/C28H35N3O4S/c1-18-7-8-19(2)26-23(18)15-21(27(32)30-26)16-31(17-22-6-5-13-35-22)28(36)29-12-11-20-9-10-24(33-3)25(14-20)34-4/h7-10,14-15,22H,5-6,11-13,16-17H2,1-4H3,(H,29,36)(H,30,32). The minimum atomic E-state index is -0.0818. The number of fused-ring (bicyclic) bond motifs is 1. The van der Waals surface area contributed by atoms with E-state index in [9.17, 15) is 4.79 Å². The first kappa shape index (κ1) is 26.0. The van der Waals surface area contributed by atoms with Crippen molar-refractivity contribution in [2.45, 2.75) is 45.8 Å². The first-order valence-electron chi connectivity index (χ1n) is 12.4. The SMILES string of the molecule is COc1ccc(CCNC(=S)N(Cc2cc3c(C)ccc(C)c3[nH]c2=O)CC2CCCO2)cc1OC. The molecule has 2 N–H and O–H groups in total. The number of nitrogens with one attached hydrogen (secondary N) is 2. The quantitative estimate of drug-likeness (QED) is 0.418. The van der Waals surface area contributed by atoms with Crippen LogP contribution in [0.15, 0.2) is 41.2 Å². The summed E-state index contributed by atoms with van der Waals surface area (Å²) in [5.41, 5.74) is 4.81. The Hall–Kier alpha value is -3.10. The van der Waals surface area contributed by atoms with Crippen molar-refractivity contribution in [1.82, 2.24) is 15.2 Å². The highest BCUT2D eigenvalue weighted by molar-refractivity contribution is 7.80. The summed E-state index contributed by atoms with van der Waals surface area (Å²) in [5.74, 6) is 1.41. The lowest BCUT2D eigenvalue weighted by atomic mass is 10.0. The molecule has 2 heterocycles. The van der Waals surface area contributed by atoms with Crippen molar-refractivity contribution < 1.29 is 14.2 Å². The summed E-state index contributed by atoms with van der Waals surface area (Å²) in [7, 11) is 3.26. The van der Waals surface area contributed by atoms with Crippen LogP contribution in [0.1, 0.15) is 35.1 Å². The predicted octanol–water partition coefficient (Wildman–Crippen LogP) is 4.26. The second-order valence-electron chi connectivity index (χ2n) is 9.30. The number of benzene rings is 2. The van der Waals surface area contributed by atoms with Crippen LogP contribution >= 0.6 is 12.2 Å². The molecule has 1 atom stereocenters. The maximum atomic E-state index is 13.0. The molecule has 0 spiro atoms. The molecule has 192 valence electrons. The van der Waals surface area contributed by atoms with Gasteiger partial charge in [0.1, 0.15) is 0 Å². The number of hydrogen-bond donors (Lipinski definition) is 2. The third-order valence-electron chi connectivity index (χ3n) is 6.75. The second-order valence-corrected chi connectivity index (χ2v) is 9.69. The summed E-state index contributed by atoms with van der Waals surface area (Å²) in [4.78, 5) is 18.2. The Morgan fingerprint density at radius 1 is 1.14 bits per heavy atom. The summed E-state index contributed by atoms with van der Waals surface area (Å²) in [5, 5.41) is 5.07. The average molecular weight is 510 g/mol. The maximum Gasteiger partial charge on any atom is 0.253 e. The normalized spacial score (nSPS) is 15.2. The second kappa shape index (κ2) is 11.8. The Morgan fingerprint density at radius 3 is 2.64 bits per heavy atom. The molecular weight excluding hydrogens is 474 g/mol. The van der Waals surface area contributed by atoms with Crippen LogP contribution in [0.4, 0.5) is 0 Å². The minimum absolute atomic E-state index is 0.0818. The number of nitrogens with zero attached hydrogens (tertiary/aromatic N) is 1. The van der Waals surface area contributed by atoms with E-state index < -0.39 is 0 Å². The summed E-state index contributed by atoms with van der Waals surface area (Å²) in [6, 6.07) is 12.0. The molecule has 0 saturated carbocycles. The molecule has 1 saturated heterocycles. The van der Waals surface area contributed by atoms with Gasteiger partial charge in [0.2, 0.25) is 0 Å². The maximum absolute atomic E-state index is 13.0. The number of methoxy groups -OCH3 is 2. The van der Waals surface area contributed by atoms with Gasteiger partial charge in [0.15, 0.2) is 16.6 Å². The van der Waals surface area contributed by atoms with Crippen LogP contribution < -0.4 is 20.3 Å². The van der Waals surface area contributed by atoms with Crippen molar-refractivity contribution in [3.05, 3.63) is 69.0 Å². The highest BCUT2D eigenvalue weighted by atomic mass is 32.1. The summed E-state index contributed by atoms with van der Waals surface area (Å²) >= 11 is 5.80. The molecule has 36 heavy (non-hydrogen) atoms. The average Bonchev–Trinajstić information content (AvgIpc) is 3.39. The van der Waals surface area contributed by atoms with E-state index in [2.05, 4.69) is 28.2 Å². The number of hydrogen-bond acceptors (Lipinski definition) is 5. The van der Waals surface area contributed by atoms with Gasteiger partial charge >= 0.3 is 0 Å². The summed E-state index contributed by atoms with van der Waals surface area (Å²) in [6.45, 7) is 6.57. The molecule has 4 rings (SSSR count). The zero-order chi connectivity index (χ0) is 25.7. The van der Waals surface area contributed by atoms with Crippen molar-refractivity contribution in [3.63, 3.8) is 0 Å². The van der Waals surface area contributed by atoms with Gasteiger partial charge in [-0.2, -0.15) is 0 Å². The van der Waals surface area contributed by atoms with Crippen molar-refractivity contribution in [1.29, 1.82) is 0 Å². The van der Waals surface area contributed by atoms with Crippen molar-refractivity contribution >= 4 is 28.2 Å². The molecule has 0 radical (unpaired) electrons. The van der Waals surface area contributed by atoms with Gasteiger partial charge in [-0.1, -0.05) is 18.2 Å². The number of ether oxygens (including phenoxy) is 3. The molecule has 1 unspecified atom stereocenters. The zero-order valence-electron chi connectivity index (χ0n) is 21.5. The fourth-order valence-electron chi connectivity index (χ4n) is 4.66. The van der Waals surface area contributed by atoms with E-state index in [-0.39, 0.29) is 11.7 Å². The van der Waals surface area contributed by atoms with Crippen LogP contribution in [0.2, 0.25) is 0 Å². The first-order valence-corrected chi connectivity index (χ1v) is 12.8. The van der Waals surface area contributed by atoms with Crippen LogP contribution in [-0.4, -0.2) is 55.0 Å². The third kappa shape index (κ3) is 5.99. The van der Waals surface area contributed by atoms with Gasteiger partial charge in [0, 0.05) is 30.6 Å². The van der Waals surface area contributed by atoms with E-state index >= 15 is 0 Å². The smallest absolute Gasteiger partial charge is 0.253 e. The molecule has 2 aromatic carbocycles. The van der Waals surface area contributed by atoms with E-state index in [4.69, 9.17) is 26.4 Å². The van der Waals surface area contributed by atoms with E-state index in [0.29, 0.717) is 41.8 Å². The molecular formula is C28H35N3O4S. The van der Waals surface area contributed by atoms with Gasteiger partial charge in [-0.3, -0.25) is 4.79 Å². The van der Waals surface area contributed by atoms with Gasteiger partial charge in [-0.15, -0.1) is 0 Å². The molecule has 3 aromatic rings. The number of aromatic amines is 1. The van der Waals surface area contributed by atoms with E-state index in [1.54, 1.807) is 14.2 Å². The zero-order valence-corrected chi connectivity index (χ0v) is 22.3. The largest absolute Gasteiger partial charge is 0.493 e. The van der Waals surface area contributed by atoms with Gasteiger partial charge in [-0.05, 0) is 80.2 Å². The van der Waals surface area contributed by atoms with Crippen LogP contribution in [-0.2, 0) is 17.7 Å². The molecule has 1 aliphatic rings. The van der Waals surface area contributed by atoms with Crippen LogP contribution in [0.5, 0.6) is 11.5 Å². The van der Waals surface area contributed by atoms with Crippen LogP contribution in [0.25, 0.3) is 10.9 Å². The Bertz CT molecular complexity index is 1280. The molecule has 1 fully saturated rings. The molecule has 1 aromatic heterocycles. The van der Waals surface area contributed by atoms with Crippen LogP contribution in [0, 0.1) is 13.8 Å². The molecule has 0 amide bonds. The Balaban J connectivity index is 1.49. The third-order valence-corrected chi connectivity index (χ3v) is 7.16. The highest BCUT2D eigenvalue weighted by Gasteiger charge is 2.22. The lowest BCUT2D eigenvalue weighted by molar-refractivity contribution is 0.0897. The van der Waals surface area contributed by atoms with E-state index in [1.807, 2.05) is 37.3 Å². The van der Waals surface area contributed by atoms with E-state index in [0.717, 1.165) is 53.5 Å². The Kier molecular flexibility index (Phi) is 8.48. The van der Waals surface area contributed by atoms with Gasteiger partial charge < -0.3 is 29.4 Å². The minimum Gasteiger partial charge on any atom is -0.493 e. The fourth-order valence-corrected chi connectivity index (χ4v) is 4.90. The van der Waals surface area contributed by atoms with Crippen molar-refractivity contribution in [2.75, 3.05) is 33.9 Å². The number of pyridine rings is 1. The summed E-state index contributed by atoms with van der Waals surface area (Å²) < 4.78 is 16.6. The number of H-pyrrole nitrogens is 1. The number of aryl methyl sites for hydroxylation is 2. The Labute approximate surface area is 217 Å². The molecule has 8 heteroatoms. The number of aromatic nitrogens is 1. The Morgan fingerprint density at radius 2 is 1.92 bits per heavy atom. The fraction of sp³-hybridized carbons (Fsp3) is 0.429. The summed E-state index contributed by atoms with van der Waals surface area (Å²) in [6.07, 6.45) is 2.92. The number of thiocarbonyl (C=S) groups is 1.